The normalized spacial score (nSPS) is 9.64. The van der Waals surface area contributed by atoms with Crippen LogP contribution in [0, 0.1) is 6.92 Å². The van der Waals surface area contributed by atoms with Gasteiger partial charge in [-0.2, -0.15) is 0 Å². The molecular formula is C8H8BrNO. The Morgan fingerprint density at radius 1 is 1.55 bits per heavy atom. The standard InChI is InChI=1S/C8H8BrNO/c1-5-2-3-6(8(10)11)7(9)4-5/h2-4H,1H3,(H2,10,11). The van der Waals surface area contributed by atoms with Crippen molar-refractivity contribution in [3.05, 3.63) is 33.8 Å². The predicted molar refractivity (Wildman–Crippen MR) is 47.4 cm³/mol. The highest BCUT2D eigenvalue weighted by Crippen LogP contribution is 2.17. The molecule has 0 heterocycles. The molecule has 0 radical (unpaired) electrons. The van der Waals surface area contributed by atoms with Gasteiger partial charge in [0, 0.05) is 4.47 Å². The first-order chi connectivity index (χ1) is 5.11. The number of aryl methyl sites for hydroxylation is 1. The van der Waals surface area contributed by atoms with Gasteiger partial charge in [-0.15, -0.1) is 0 Å². The first-order valence-electron chi connectivity index (χ1n) is 3.17. The van der Waals surface area contributed by atoms with Gasteiger partial charge in [0.15, 0.2) is 0 Å². The molecule has 2 N–H and O–H groups in total. The lowest BCUT2D eigenvalue weighted by Crippen LogP contribution is -2.11. The number of hydrogen-bond donors (Lipinski definition) is 1. The largest absolute Gasteiger partial charge is 0.366 e. The first kappa shape index (κ1) is 8.27. The van der Waals surface area contributed by atoms with Crippen molar-refractivity contribution in [3.8, 4) is 0 Å². The molecule has 0 bridgehead atoms. The zero-order valence-electron chi connectivity index (χ0n) is 6.10. The number of amides is 1. The minimum atomic E-state index is -0.406. The van der Waals surface area contributed by atoms with Crippen LogP contribution >= 0.6 is 15.9 Å². The van der Waals surface area contributed by atoms with E-state index in [1.54, 1.807) is 6.07 Å². The van der Waals surface area contributed by atoms with Crippen LogP contribution in [0.5, 0.6) is 0 Å². The molecule has 0 aromatic heterocycles. The second kappa shape index (κ2) is 3.05. The van der Waals surface area contributed by atoms with E-state index in [1.165, 1.54) is 0 Å². The first-order valence-corrected chi connectivity index (χ1v) is 3.96. The van der Waals surface area contributed by atoms with E-state index in [4.69, 9.17) is 5.73 Å². The molecule has 1 rings (SSSR count). The molecule has 0 spiro atoms. The number of primary amides is 1. The SMILES string of the molecule is Cc1ccc(C(N)=O)c(Br)c1. The third-order valence-corrected chi connectivity index (χ3v) is 2.05. The molecule has 0 unspecified atom stereocenters. The molecule has 3 heteroatoms. The molecule has 0 saturated heterocycles. The molecular weight excluding hydrogens is 206 g/mol. The van der Waals surface area contributed by atoms with Crippen LogP contribution in [0.25, 0.3) is 0 Å². The van der Waals surface area contributed by atoms with Crippen LogP contribution in [-0.4, -0.2) is 5.91 Å². The minimum absolute atomic E-state index is 0.406. The van der Waals surface area contributed by atoms with Crippen molar-refractivity contribution in [2.45, 2.75) is 6.92 Å². The van der Waals surface area contributed by atoms with E-state index in [0.717, 1.165) is 10.0 Å². The fourth-order valence-corrected chi connectivity index (χ4v) is 1.51. The third kappa shape index (κ3) is 1.80. The fraction of sp³-hybridized carbons (Fsp3) is 0.125. The molecule has 11 heavy (non-hydrogen) atoms. The van der Waals surface area contributed by atoms with E-state index >= 15 is 0 Å². The van der Waals surface area contributed by atoms with Crippen molar-refractivity contribution in [3.63, 3.8) is 0 Å². The summed E-state index contributed by atoms with van der Waals surface area (Å²) >= 11 is 3.25. The van der Waals surface area contributed by atoms with Gasteiger partial charge >= 0.3 is 0 Å². The van der Waals surface area contributed by atoms with Gasteiger partial charge in [-0.3, -0.25) is 4.79 Å². The van der Waals surface area contributed by atoms with E-state index in [0.29, 0.717) is 5.56 Å². The lowest BCUT2D eigenvalue weighted by molar-refractivity contribution is 0.0999. The molecule has 0 atom stereocenters. The van der Waals surface area contributed by atoms with Crippen molar-refractivity contribution in [1.82, 2.24) is 0 Å². The van der Waals surface area contributed by atoms with Crippen molar-refractivity contribution >= 4 is 21.8 Å². The van der Waals surface area contributed by atoms with Crippen LogP contribution in [0.2, 0.25) is 0 Å². The maximum Gasteiger partial charge on any atom is 0.249 e. The molecule has 58 valence electrons. The number of nitrogens with two attached hydrogens (primary N) is 1. The second-order valence-electron chi connectivity index (χ2n) is 2.35. The number of benzene rings is 1. The summed E-state index contributed by atoms with van der Waals surface area (Å²) in [5, 5.41) is 0. The van der Waals surface area contributed by atoms with Gasteiger partial charge in [0.2, 0.25) is 5.91 Å². The van der Waals surface area contributed by atoms with E-state index < -0.39 is 5.91 Å². The van der Waals surface area contributed by atoms with Gasteiger partial charge in [0.05, 0.1) is 5.56 Å². The summed E-state index contributed by atoms with van der Waals surface area (Å²) in [4.78, 5) is 10.7. The Labute approximate surface area is 73.5 Å². The maximum atomic E-state index is 10.7. The number of carbonyl (C=O) groups is 1. The topological polar surface area (TPSA) is 43.1 Å². The van der Waals surface area contributed by atoms with Crippen molar-refractivity contribution in [2.24, 2.45) is 5.73 Å². The molecule has 0 saturated carbocycles. The molecule has 1 amide bonds. The Morgan fingerprint density at radius 2 is 2.18 bits per heavy atom. The summed E-state index contributed by atoms with van der Waals surface area (Å²) in [6, 6.07) is 5.42. The second-order valence-corrected chi connectivity index (χ2v) is 3.20. The average molecular weight is 214 g/mol. The smallest absolute Gasteiger partial charge is 0.249 e. The molecule has 0 fully saturated rings. The Bertz CT molecular complexity index is 296. The van der Waals surface area contributed by atoms with Crippen molar-refractivity contribution < 1.29 is 4.79 Å². The van der Waals surface area contributed by atoms with Crippen LogP contribution in [0.3, 0.4) is 0 Å². The molecule has 0 aliphatic rings. The Balaban J connectivity index is 3.20. The Morgan fingerprint density at radius 3 is 2.64 bits per heavy atom. The fourth-order valence-electron chi connectivity index (χ4n) is 0.820. The van der Waals surface area contributed by atoms with Gasteiger partial charge in [0.1, 0.15) is 0 Å². The Hall–Kier alpha value is -0.830. The van der Waals surface area contributed by atoms with Crippen molar-refractivity contribution in [2.75, 3.05) is 0 Å². The summed E-state index contributed by atoms with van der Waals surface area (Å²) in [6.07, 6.45) is 0. The number of rotatable bonds is 1. The summed E-state index contributed by atoms with van der Waals surface area (Å²) in [5.74, 6) is -0.406. The quantitative estimate of drug-likeness (QED) is 0.761. The lowest BCUT2D eigenvalue weighted by atomic mass is 10.1. The van der Waals surface area contributed by atoms with E-state index in [1.807, 2.05) is 19.1 Å². The zero-order chi connectivity index (χ0) is 8.43. The van der Waals surface area contributed by atoms with E-state index in [9.17, 15) is 4.79 Å². The molecule has 0 aliphatic heterocycles. The van der Waals surface area contributed by atoms with Crippen LogP contribution in [0.15, 0.2) is 22.7 Å². The highest BCUT2D eigenvalue weighted by atomic mass is 79.9. The van der Waals surface area contributed by atoms with Crippen LogP contribution in [-0.2, 0) is 0 Å². The monoisotopic (exact) mass is 213 g/mol. The maximum absolute atomic E-state index is 10.7. The lowest BCUT2D eigenvalue weighted by Gasteiger charge is -1.99. The van der Waals surface area contributed by atoms with Crippen LogP contribution < -0.4 is 5.73 Å². The highest BCUT2D eigenvalue weighted by Gasteiger charge is 2.04. The van der Waals surface area contributed by atoms with E-state index in [-0.39, 0.29) is 0 Å². The van der Waals surface area contributed by atoms with Crippen LogP contribution in [0.4, 0.5) is 0 Å². The predicted octanol–water partition coefficient (Wildman–Crippen LogP) is 1.86. The summed E-state index contributed by atoms with van der Waals surface area (Å²) < 4.78 is 0.755. The number of carbonyl (C=O) groups excluding carboxylic acids is 1. The molecule has 0 aliphatic carbocycles. The summed E-state index contributed by atoms with van der Waals surface area (Å²) in [7, 11) is 0. The highest BCUT2D eigenvalue weighted by molar-refractivity contribution is 9.10. The van der Waals surface area contributed by atoms with Crippen LogP contribution in [0.1, 0.15) is 15.9 Å². The molecule has 1 aromatic rings. The summed E-state index contributed by atoms with van der Waals surface area (Å²) in [5.41, 5.74) is 6.72. The van der Waals surface area contributed by atoms with Gasteiger partial charge in [-0.05, 0) is 40.5 Å². The minimum Gasteiger partial charge on any atom is -0.366 e. The number of halogens is 1. The Kier molecular flexibility index (Phi) is 2.29. The van der Waals surface area contributed by atoms with Crippen molar-refractivity contribution in [1.29, 1.82) is 0 Å². The van der Waals surface area contributed by atoms with Gasteiger partial charge < -0.3 is 5.73 Å². The van der Waals surface area contributed by atoms with Gasteiger partial charge in [-0.25, -0.2) is 0 Å². The zero-order valence-corrected chi connectivity index (χ0v) is 7.68. The molecule has 1 aromatic carbocycles. The molecule has 2 nitrogen and oxygen atoms in total. The average Bonchev–Trinajstić information content (AvgIpc) is 1.85. The van der Waals surface area contributed by atoms with Gasteiger partial charge in [0.25, 0.3) is 0 Å². The number of hydrogen-bond acceptors (Lipinski definition) is 1. The van der Waals surface area contributed by atoms with E-state index in [2.05, 4.69) is 15.9 Å². The summed E-state index contributed by atoms with van der Waals surface area (Å²) in [6.45, 7) is 1.95. The third-order valence-electron chi connectivity index (χ3n) is 1.39. The van der Waals surface area contributed by atoms with Gasteiger partial charge in [-0.1, -0.05) is 6.07 Å².